The van der Waals surface area contributed by atoms with E-state index in [0.717, 1.165) is 48.4 Å². The molecule has 1 fully saturated rings. The van der Waals surface area contributed by atoms with E-state index < -0.39 is 0 Å². The van der Waals surface area contributed by atoms with Gasteiger partial charge in [-0.2, -0.15) is 5.10 Å². The molecule has 2 aromatic rings. The molecule has 0 spiro atoms. The number of rotatable bonds is 3. The molecule has 3 heterocycles. The minimum atomic E-state index is 0.0310. The number of amides is 1. The van der Waals surface area contributed by atoms with E-state index in [0.29, 0.717) is 13.2 Å². The van der Waals surface area contributed by atoms with Crippen LogP contribution in [0, 0.1) is 0 Å². The fraction of sp³-hybridized carbons (Fsp3) is 0.400. The van der Waals surface area contributed by atoms with Crippen LogP contribution in [0.5, 0.6) is 11.5 Å². The van der Waals surface area contributed by atoms with Gasteiger partial charge in [-0.05, 0) is 36.6 Å². The lowest BCUT2D eigenvalue weighted by atomic mass is 10.0. The van der Waals surface area contributed by atoms with Crippen LogP contribution in [-0.4, -0.2) is 40.3 Å². The van der Waals surface area contributed by atoms with Crippen LogP contribution in [0.4, 0.5) is 0 Å². The van der Waals surface area contributed by atoms with E-state index in [4.69, 9.17) is 9.47 Å². The lowest BCUT2D eigenvalue weighted by molar-refractivity contribution is -0.126. The minimum absolute atomic E-state index is 0.0310. The zero-order valence-electron chi connectivity index (χ0n) is 14.9. The quantitative estimate of drug-likeness (QED) is 0.796. The maximum Gasteiger partial charge on any atom is 0.247 e. The highest BCUT2D eigenvalue weighted by molar-refractivity contribution is 5.92. The van der Waals surface area contributed by atoms with E-state index in [2.05, 4.69) is 11.2 Å². The molecule has 0 aliphatic carbocycles. The summed E-state index contributed by atoms with van der Waals surface area (Å²) < 4.78 is 13.2. The average Bonchev–Trinajstić information content (AvgIpc) is 3.23. The van der Waals surface area contributed by atoms with Crippen molar-refractivity contribution in [3.8, 4) is 11.5 Å². The van der Waals surface area contributed by atoms with Crippen molar-refractivity contribution in [3.05, 3.63) is 47.8 Å². The van der Waals surface area contributed by atoms with E-state index in [1.165, 1.54) is 0 Å². The Labute approximate surface area is 153 Å². The first-order valence-electron chi connectivity index (χ1n) is 9.07. The summed E-state index contributed by atoms with van der Waals surface area (Å²) in [5, 5.41) is 4.12. The van der Waals surface area contributed by atoms with Crippen LogP contribution in [0.3, 0.4) is 0 Å². The number of fused-ring (bicyclic) bond motifs is 1. The predicted octanol–water partition coefficient (Wildman–Crippen LogP) is 2.96. The van der Waals surface area contributed by atoms with Crippen LogP contribution >= 0.6 is 0 Å². The Bertz CT molecular complexity index is 827. The molecular formula is C20H23N3O3. The van der Waals surface area contributed by atoms with Gasteiger partial charge >= 0.3 is 0 Å². The predicted molar refractivity (Wildman–Crippen MR) is 98.0 cm³/mol. The number of aryl methyl sites for hydroxylation is 1. The number of hydrogen-bond donors (Lipinski definition) is 0. The number of benzene rings is 1. The lowest BCUT2D eigenvalue weighted by Gasteiger charge is -2.24. The third-order valence-corrected chi connectivity index (χ3v) is 4.84. The first kappa shape index (κ1) is 16.7. The molecule has 26 heavy (non-hydrogen) atoms. The summed E-state index contributed by atoms with van der Waals surface area (Å²) in [5.41, 5.74) is 2.03. The Balaban J connectivity index is 1.52. The number of hydrogen-bond acceptors (Lipinski definition) is 4. The Morgan fingerprint density at radius 3 is 2.88 bits per heavy atom. The average molecular weight is 353 g/mol. The second kappa shape index (κ2) is 7.23. The SMILES string of the molecule is Cn1cc(C=CC(=O)N2CCCC2c2ccc3c(c2)OCCCO3)cn1. The van der Waals surface area contributed by atoms with Gasteiger partial charge in [0.05, 0.1) is 25.5 Å². The molecule has 0 N–H and O–H groups in total. The van der Waals surface area contributed by atoms with Crippen molar-refractivity contribution in [1.29, 1.82) is 0 Å². The van der Waals surface area contributed by atoms with Crippen LogP contribution in [0.1, 0.15) is 36.4 Å². The molecule has 0 radical (unpaired) electrons. The summed E-state index contributed by atoms with van der Waals surface area (Å²) in [7, 11) is 1.86. The second-order valence-corrected chi connectivity index (χ2v) is 6.73. The maximum atomic E-state index is 12.7. The van der Waals surface area contributed by atoms with Gasteiger partial charge in [0.2, 0.25) is 5.91 Å². The molecule has 136 valence electrons. The molecule has 2 aliphatic rings. The first-order chi connectivity index (χ1) is 12.7. The highest BCUT2D eigenvalue weighted by Gasteiger charge is 2.29. The molecule has 1 amide bonds. The maximum absolute atomic E-state index is 12.7. The molecule has 2 aliphatic heterocycles. The van der Waals surface area contributed by atoms with E-state index in [1.54, 1.807) is 17.0 Å². The normalized spacial score (nSPS) is 19.7. The van der Waals surface area contributed by atoms with E-state index in [9.17, 15) is 4.79 Å². The van der Waals surface area contributed by atoms with Gasteiger partial charge in [-0.15, -0.1) is 0 Å². The van der Waals surface area contributed by atoms with Crippen molar-refractivity contribution >= 4 is 12.0 Å². The lowest BCUT2D eigenvalue weighted by Crippen LogP contribution is -2.28. The molecule has 1 unspecified atom stereocenters. The number of likely N-dealkylation sites (tertiary alicyclic amines) is 1. The van der Waals surface area contributed by atoms with Gasteiger partial charge in [-0.25, -0.2) is 0 Å². The van der Waals surface area contributed by atoms with Crippen LogP contribution in [0.2, 0.25) is 0 Å². The minimum Gasteiger partial charge on any atom is -0.490 e. The monoisotopic (exact) mass is 353 g/mol. The van der Waals surface area contributed by atoms with Gasteiger partial charge in [0.15, 0.2) is 11.5 Å². The fourth-order valence-electron chi connectivity index (χ4n) is 3.55. The summed E-state index contributed by atoms with van der Waals surface area (Å²) in [4.78, 5) is 14.6. The Morgan fingerprint density at radius 2 is 2.08 bits per heavy atom. The largest absolute Gasteiger partial charge is 0.490 e. The van der Waals surface area contributed by atoms with Gasteiger partial charge in [0.1, 0.15) is 0 Å². The summed E-state index contributed by atoms with van der Waals surface area (Å²) >= 11 is 0. The summed E-state index contributed by atoms with van der Waals surface area (Å²) in [6.45, 7) is 2.12. The Morgan fingerprint density at radius 1 is 1.23 bits per heavy atom. The highest BCUT2D eigenvalue weighted by atomic mass is 16.5. The molecule has 1 atom stereocenters. The third-order valence-electron chi connectivity index (χ3n) is 4.84. The van der Waals surface area contributed by atoms with Crippen LogP contribution in [0.15, 0.2) is 36.7 Å². The van der Waals surface area contributed by atoms with Crippen molar-refractivity contribution in [1.82, 2.24) is 14.7 Å². The van der Waals surface area contributed by atoms with Gasteiger partial charge < -0.3 is 14.4 Å². The molecule has 6 nitrogen and oxygen atoms in total. The van der Waals surface area contributed by atoms with Crippen LogP contribution in [-0.2, 0) is 11.8 Å². The van der Waals surface area contributed by atoms with Gasteiger partial charge in [0, 0.05) is 37.8 Å². The first-order valence-corrected chi connectivity index (χ1v) is 9.07. The van der Waals surface area contributed by atoms with Gasteiger partial charge in [-0.3, -0.25) is 9.48 Å². The molecule has 6 heteroatoms. The topological polar surface area (TPSA) is 56.6 Å². The fourth-order valence-corrected chi connectivity index (χ4v) is 3.55. The molecule has 0 saturated carbocycles. The van der Waals surface area contributed by atoms with Crippen molar-refractivity contribution < 1.29 is 14.3 Å². The number of carbonyl (C=O) groups is 1. The Kier molecular flexibility index (Phi) is 4.65. The number of nitrogens with zero attached hydrogens (tertiary/aromatic N) is 3. The molecule has 0 bridgehead atoms. The molecular weight excluding hydrogens is 330 g/mol. The zero-order chi connectivity index (χ0) is 17.9. The number of aromatic nitrogens is 2. The van der Waals surface area contributed by atoms with Crippen molar-refractivity contribution in [2.24, 2.45) is 7.05 Å². The number of ether oxygens (including phenoxy) is 2. The Hall–Kier alpha value is -2.76. The standard InChI is InChI=1S/C20H23N3O3/c1-22-14-15(13-21-22)5-8-20(24)23-9-2-4-17(23)16-6-7-18-19(12-16)26-11-3-10-25-18/h5-8,12-14,17H,2-4,9-11H2,1H3. The molecule has 4 rings (SSSR count). The smallest absolute Gasteiger partial charge is 0.247 e. The van der Waals surface area contributed by atoms with Gasteiger partial charge in [0.25, 0.3) is 0 Å². The van der Waals surface area contributed by atoms with Gasteiger partial charge in [-0.1, -0.05) is 6.07 Å². The molecule has 1 aromatic heterocycles. The zero-order valence-corrected chi connectivity index (χ0v) is 14.9. The van der Waals surface area contributed by atoms with Crippen LogP contribution in [0.25, 0.3) is 6.08 Å². The van der Waals surface area contributed by atoms with E-state index in [1.807, 2.05) is 36.4 Å². The third kappa shape index (κ3) is 3.45. The summed E-state index contributed by atoms with van der Waals surface area (Å²) in [5.74, 6) is 1.60. The molecule has 1 aromatic carbocycles. The van der Waals surface area contributed by atoms with Crippen molar-refractivity contribution in [3.63, 3.8) is 0 Å². The van der Waals surface area contributed by atoms with Crippen molar-refractivity contribution in [2.45, 2.75) is 25.3 Å². The summed E-state index contributed by atoms with van der Waals surface area (Å²) in [6, 6.07) is 6.12. The van der Waals surface area contributed by atoms with Crippen molar-refractivity contribution in [2.75, 3.05) is 19.8 Å². The highest BCUT2D eigenvalue weighted by Crippen LogP contribution is 2.38. The van der Waals surface area contributed by atoms with E-state index >= 15 is 0 Å². The van der Waals surface area contributed by atoms with Crippen LogP contribution < -0.4 is 9.47 Å². The molecule has 1 saturated heterocycles. The summed E-state index contributed by atoms with van der Waals surface area (Å²) in [6.07, 6.45) is 9.94. The van der Waals surface area contributed by atoms with E-state index in [-0.39, 0.29) is 11.9 Å². The second-order valence-electron chi connectivity index (χ2n) is 6.73. The number of carbonyl (C=O) groups excluding carboxylic acids is 1.